The first-order chi connectivity index (χ1) is 14.3. The zero-order valence-electron chi connectivity index (χ0n) is 16.4. The normalized spacial score (nSPS) is 11.7. The van der Waals surface area contributed by atoms with Crippen LogP contribution in [0.3, 0.4) is 0 Å². The molecule has 0 saturated carbocycles. The summed E-state index contributed by atoms with van der Waals surface area (Å²) in [5.74, 6) is -1.02. The third-order valence-corrected chi connectivity index (χ3v) is 7.06. The lowest BCUT2D eigenvalue weighted by Gasteiger charge is -2.22. The zero-order valence-corrected chi connectivity index (χ0v) is 18.9. The molecule has 0 atom stereocenters. The van der Waals surface area contributed by atoms with Crippen LogP contribution in [-0.2, 0) is 16.4 Å². The zero-order chi connectivity index (χ0) is 21.3. The highest BCUT2D eigenvalue weighted by Crippen LogP contribution is 2.35. The average molecular weight is 458 g/mol. The second-order valence-corrected chi connectivity index (χ2v) is 11.2. The van der Waals surface area contributed by atoms with Gasteiger partial charge in [0.05, 0.1) is 22.3 Å². The topological polar surface area (TPSA) is 80.2 Å². The minimum Gasteiger partial charge on any atom is -0.313 e. The van der Waals surface area contributed by atoms with Gasteiger partial charge in [-0.15, -0.1) is 22.7 Å². The molecule has 0 aliphatic rings. The van der Waals surface area contributed by atoms with E-state index in [0.717, 1.165) is 27.7 Å². The van der Waals surface area contributed by atoms with Crippen LogP contribution < -0.4 is 4.90 Å². The van der Waals surface area contributed by atoms with E-state index in [1.54, 1.807) is 18.3 Å². The molecule has 9 heteroatoms. The summed E-state index contributed by atoms with van der Waals surface area (Å²) in [6.07, 6.45) is 1.06. The maximum absolute atomic E-state index is 12.5. The summed E-state index contributed by atoms with van der Waals surface area (Å²) in [5.41, 5.74) is 5.00. The first kappa shape index (κ1) is 20.6. The molecular formula is C21H19N3O3S3. The fourth-order valence-corrected chi connectivity index (χ4v) is 5.38. The Morgan fingerprint density at radius 1 is 1.13 bits per heavy atom. The summed E-state index contributed by atoms with van der Waals surface area (Å²) in [5, 5.41) is 0.650. The van der Waals surface area contributed by atoms with Gasteiger partial charge < -0.3 is 4.90 Å². The Hall–Kier alpha value is -2.62. The molecular weight excluding hydrogens is 438 g/mol. The highest BCUT2D eigenvalue weighted by molar-refractivity contribution is 7.91. The van der Waals surface area contributed by atoms with Gasteiger partial charge in [0.1, 0.15) is 11.4 Å². The quantitative estimate of drug-likeness (QED) is 0.377. The molecule has 0 saturated heterocycles. The van der Waals surface area contributed by atoms with Gasteiger partial charge in [-0.2, -0.15) is 0 Å². The van der Waals surface area contributed by atoms with Gasteiger partial charge in [0.2, 0.25) is 0 Å². The molecule has 2 heterocycles. The predicted octanol–water partition coefficient (Wildman–Crippen LogP) is 4.63. The number of Topliss-reactive ketones (excluding diaryl/α,β-unsaturated/α-hetero) is 1. The first-order valence-corrected chi connectivity index (χ1v) is 12.9. The number of ketones is 1. The summed E-state index contributed by atoms with van der Waals surface area (Å²) in [4.78, 5) is 24.1. The average Bonchev–Trinajstić information content (AvgIpc) is 3.31. The van der Waals surface area contributed by atoms with E-state index >= 15 is 0 Å². The second kappa shape index (κ2) is 8.25. The number of hydrogen-bond donors (Lipinski definition) is 0. The van der Waals surface area contributed by atoms with Crippen LogP contribution in [0.4, 0.5) is 10.8 Å². The van der Waals surface area contributed by atoms with Gasteiger partial charge in [-0.25, -0.2) is 18.4 Å². The lowest BCUT2D eigenvalue weighted by atomic mass is 10.2. The molecule has 2 aromatic carbocycles. The van der Waals surface area contributed by atoms with Crippen molar-refractivity contribution in [2.45, 2.75) is 13.5 Å². The van der Waals surface area contributed by atoms with Gasteiger partial charge in [0.15, 0.2) is 20.8 Å². The largest absolute Gasteiger partial charge is 0.313 e. The third kappa shape index (κ3) is 4.58. The predicted molar refractivity (Wildman–Crippen MR) is 123 cm³/mol. The molecule has 4 aromatic rings. The molecule has 0 bridgehead atoms. The Bertz CT molecular complexity index is 1310. The third-order valence-electron chi connectivity index (χ3n) is 4.48. The van der Waals surface area contributed by atoms with Gasteiger partial charge in [-0.05, 0) is 30.7 Å². The van der Waals surface area contributed by atoms with E-state index < -0.39 is 21.4 Å². The van der Waals surface area contributed by atoms with Crippen molar-refractivity contribution in [2.24, 2.45) is 0 Å². The van der Waals surface area contributed by atoms with Crippen LogP contribution in [0.1, 0.15) is 20.9 Å². The Kier molecular flexibility index (Phi) is 5.68. The van der Waals surface area contributed by atoms with Crippen molar-refractivity contribution in [3.05, 3.63) is 70.2 Å². The number of hydrogen-bond acceptors (Lipinski definition) is 8. The van der Waals surface area contributed by atoms with Gasteiger partial charge in [0, 0.05) is 16.8 Å². The van der Waals surface area contributed by atoms with Crippen molar-refractivity contribution in [1.82, 2.24) is 9.97 Å². The van der Waals surface area contributed by atoms with Crippen LogP contribution >= 0.6 is 22.7 Å². The van der Waals surface area contributed by atoms with Crippen LogP contribution in [0.25, 0.3) is 10.2 Å². The molecule has 0 aliphatic carbocycles. The van der Waals surface area contributed by atoms with Crippen LogP contribution in [0.5, 0.6) is 0 Å². The number of anilines is 2. The number of thiazole rings is 2. The molecule has 2 aromatic heterocycles. The number of carbonyl (C=O) groups is 1. The van der Waals surface area contributed by atoms with Crippen molar-refractivity contribution in [1.29, 1.82) is 0 Å². The van der Waals surface area contributed by atoms with E-state index in [-0.39, 0.29) is 5.69 Å². The fraction of sp³-hybridized carbons (Fsp3) is 0.190. The van der Waals surface area contributed by atoms with Gasteiger partial charge >= 0.3 is 0 Å². The highest BCUT2D eigenvalue weighted by atomic mass is 32.2. The summed E-state index contributed by atoms with van der Waals surface area (Å²) in [6, 6.07) is 16.0. The van der Waals surface area contributed by atoms with Crippen molar-refractivity contribution < 1.29 is 13.2 Å². The monoisotopic (exact) mass is 457 g/mol. The molecule has 0 N–H and O–H groups in total. The summed E-state index contributed by atoms with van der Waals surface area (Å²) in [6.45, 7) is 2.36. The van der Waals surface area contributed by atoms with E-state index in [1.807, 2.05) is 52.9 Å². The van der Waals surface area contributed by atoms with Gasteiger partial charge in [-0.1, -0.05) is 30.3 Å². The molecule has 154 valence electrons. The van der Waals surface area contributed by atoms with E-state index in [2.05, 4.69) is 16.0 Å². The number of aromatic nitrogens is 2. The molecule has 0 amide bonds. The molecule has 30 heavy (non-hydrogen) atoms. The van der Waals surface area contributed by atoms with Crippen LogP contribution in [0, 0.1) is 6.92 Å². The fourth-order valence-electron chi connectivity index (χ4n) is 3.11. The van der Waals surface area contributed by atoms with E-state index in [1.165, 1.54) is 11.3 Å². The lowest BCUT2D eigenvalue weighted by Crippen LogP contribution is -2.18. The van der Waals surface area contributed by atoms with Crippen LogP contribution in [-0.4, -0.2) is 36.2 Å². The van der Waals surface area contributed by atoms with Crippen LogP contribution in [0.2, 0.25) is 0 Å². The molecule has 0 radical (unpaired) electrons. The maximum atomic E-state index is 12.5. The number of nitrogens with zero attached hydrogens (tertiary/aromatic N) is 3. The number of fused-ring (bicyclic) bond motifs is 1. The lowest BCUT2D eigenvalue weighted by molar-refractivity contribution is 0.101. The molecule has 0 aliphatic heterocycles. The Balaban J connectivity index is 1.76. The molecule has 6 nitrogen and oxygen atoms in total. The molecule has 0 unspecified atom stereocenters. The molecule has 0 fully saturated rings. The number of rotatable bonds is 7. The first-order valence-electron chi connectivity index (χ1n) is 9.13. The minimum absolute atomic E-state index is 0.220. The van der Waals surface area contributed by atoms with E-state index in [4.69, 9.17) is 0 Å². The number of aryl methyl sites for hydroxylation is 1. The minimum atomic E-state index is -3.42. The highest BCUT2D eigenvalue weighted by Gasteiger charge is 2.23. The SMILES string of the molecule is Cc1sc(N(Cc2ccccc2)c2ccc3ncsc3c2)nc1C(=O)CS(C)(=O)=O. The molecule has 4 rings (SSSR count). The van der Waals surface area contributed by atoms with Crippen molar-refractivity contribution >= 4 is 59.3 Å². The van der Waals surface area contributed by atoms with Gasteiger partial charge in [-0.3, -0.25) is 4.79 Å². The Labute approximate surface area is 182 Å². The molecule has 0 spiro atoms. The van der Waals surface area contributed by atoms with Crippen molar-refractivity contribution in [2.75, 3.05) is 16.9 Å². The Morgan fingerprint density at radius 3 is 2.63 bits per heavy atom. The maximum Gasteiger partial charge on any atom is 0.197 e. The van der Waals surface area contributed by atoms with Gasteiger partial charge in [0.25, 0.3) is 0 Å². The number of benzene rings is 2. The van der Waals surface area contributed by atoms with Crippen molar-refractivity contribution in [3.8, 4) is 0 Å². The van der Waals surface area contributed by atoms with Crippen molar-refractivity contribution in [3.63, 3.8) is 0 Å². The second-order valence-electron chi connectivity index (χ2n) is 6.97. The standard InChI is InChI=1S/C21H19N3O3S3/c1-14-20(18(25)12-30(2,26)27)23-21(29-14)24(11-15-6-4-3-5-7-15)16-8-9-17-19(10-16)28-13-22-17/h3-10,13H,11-12H2,1-2H3. The summed E-state index contributed by atoms with van der Waals surface area (Å²) >= 11 is 2.95. The Morgan fingerprint density at radius 2 is 1.90 bits per heavy atom. The summed E-state index contributed by atoms with van der Waals surface area (Å²) < 4.78 is 24.2. The number of sulfone groups is 1. The van der Waals surface area contributed by atoms with E-state index in [9.17, 15) is 13.2 Å². The van der Waals surface area contributed by atoms with E-state index in [0.29, 0.717) is 16.6 Å². The smallest absolute Gasteiger partial charge is 0.197 e. The summed E-state index contributed by atoms with van der Waals surface area (Å²) in [7, 11) is -3.42. The van der Waals surface area contributed by atoms with Crippen LogP contribution in [0.15, 0.2) is 54.0 Å². The number of carbonyl (C=O) groups excluding carboxylic acids is 1.